The number of aromatic amines is 1. The highest BCUT2D eigenvalue weighted by Gasteiger charge is 2.12. The Morgan fingerprint density at radius 2 is 0.925 bits per heavy atom. The molecule has 0 spiro atoms. The molecule has 2 nitrogen and oxygen atoms in total. The van der Waals surface area contributed by atoms with Crippen molar-refractivity contribution >= 4 is 22.3 Å². The van der Waals surface area contributed by atoms with Gasteiger partial charge in [0.2, 0.25) is 0 Å². The van der Waals surface area contributed by atoms with Crippen LogP contribution in [0.3, 0.4) is 0 Å². The lowest BCUT2D eigenvalue weighted by Crippen LogP contribution is -1.96. The summed E-state index contributed by atoms with van der Waals surface area (Å²) < 4.78 is 0. The molecular weight excluding hydrogens is 484 g/mol. The topological polar surface area (TPSA) is 27.8 Å². The van der Waals surface area contributed by atoms with Gasteiger partial charge in [0.25, 0.3) is 0 Å². The van der Waals surface area contributed by atoms with Gasteiger partial charge in [0, 0.05) is 34.1 Å². The Balaban J connectivity index is 1.33. The molecule has 0 unspecified atom stereocenters. The summed E-state index contributed by atoms with van der Waals surface area (Å²) in [7, 11) is 0. The van der Waals surface area contributed by atoms with E-state index in [0.717, 1.165) is 22.5 Å². The van der Waals surface area contributed by atoms with Crippen molar-refractivity contribution in [2.45, 2.75) is 0 Å². The van der Waals surface area contributed by atoms with Gasteiger partial charge in [-0.25, -0.2) is 0 Å². The summed E-state index contributed by atoms with van der Waals surface area (Å²) in [6.45, 7) is 0. The molecule has 1 heterocycles. The Kier molecular flexibility index (Phi) is 6.20. The smallest absolute Gasteiger partial charge is 0.0535 e. The average molecular weight is 513 g/mol. The van der Waals surface area contributed by atoms with Crippen LogP contribution in [0.4, 0.5) is 11.4 Å². The molecule has 0 fully saturated rings. The maximum Gasteiger partial charge on any atom is 0.0535 e. The number of aromatic nitrogens is 1. The molecule has 40 heavy (non-hydrogen) atoms. The molecule has 7 rings (SSSR count). The van der Waals surface area contributed by atoms with Crippen molar-refractivity contribution in [2.24, 2.45) is 0 Å². The van der Waals surface area contributed by atoms with E-state index in [2.05, 4.69) is 162 Å². The van der Waals surface area contributed by atoms with Gasteiger partial charge in [-0.2, -0.15) is 0 Å². The van der Waals surface area contributed by atoms with Crippen molar-refractivity contribution in [2.75, 3.05) is 5.32 Å². The quantitative estimate of drug-likeness (QED) is 0.228. The molecule has 0 aliphatic carbocycles. The Morgan fingerprint density at radius 3 is 1.60 bits per heavy atom. The van der Waals surface area contributed by atoms with Crippen LogP contribution in [0, 0.1) is 0 Å². The second-order valence-corrected chi connectivity index (χ2v) is 10.0. The zero-order chi connectivity index (χ0) is 26.7. The van der Waals surface area contributed by atoms with E-state index in [1.807, 2.05) is 6.20 Å². The number of hydrogen-bond donors (Lipinski definition) is 2. The van der Waals surface area contributed by atoms with E-state index < -0.39 is 0 Å². The lowest BCUT2D eigenvalue weighted by Gasteiger charge is -2.17. The van der Waals surface area contributed by atoms with Gasteiger partial charge in [-0.1, -0.05) is 127 Å². The summed E-state index contributed by atoms with van der Waals surface area (Å²) in [6.07, 6.45) is 2.01. The standard InChI is InChI=1S/C38H28N2/c1-4-10-27(11-5-1)29-16-18-31(19-17-29)35-21-20-32(28-12-6-2-7-13-28)25-37(35)40-34-24-33-22-23-39-38(33)36(26-34)30-14-8-3-9-15-30/h1-26,39-40H. The lowest BCUT2D eigenvalue weighted by atomic mass is 9.96. The largest absolute Gasteiger partial charge is 0.361 e. The molecule has 6 aromatic carbocycles. The molecular formula is C38H28N2. The predicted molar refractivity (Wildman–Crippen MR) is 170 cm³/mol. The van der Waals surface area contributed by atoms with Crippen molar-refractivity contribution in [1.29, 1.82) is 0 Å². The number of H-pyrrole nitrogens is 1. The Labute approximate surface area is 234 Å². The van der Waals surface area contributed by atoms with E-state index in [1.54, 1.807) is 0 Å². The minimum atomic E-state index is 1.05. The van der Waals surface area contributed by atoms with Gasteiger partial charge in [-0.3, -0.25) is 0 Å². The summed E-state index contributed by atoms with van der Waals surface area (Å²) in [4.78, 5) is 3.44. The molecule has 2 heteroatoms. The van der Waals surface area contributed by atoms with Gasteiger partial charge in [0.15, 0.2) is 0 Å². The van der Waals surface area contributed by atoms with Gasteiger partial charge in [-0.05, 0) is 57.6 Å². The minimum Gasteiger partial charge on any atom is -0.361 e. The van der Waals surface area contributed by atoms with E-state index in [1.165, 1.54) is 44.3 Å². The van der Waals surface area contributed by atoms with Crippen LogP contribution in [-0.2, 0) is 0 Å². The zero-order valence-corrected chi connectivity index (χ0v) is 22.0. The van der Waals surface area contributed by atoms with Crippen molar-refractivity contribution in [3.05, 3.63) is 158 Å². The Hall–Kier alpha value is -5.34. The third-order valence-electron chi connectivity index (χ3n) is 7.45. The van der Waals surface area contributed by atoms with E-state index in [-0.39, 0.29) is 0 Å². The number of anilines is 2. The maximum absolute atomic E-state index is 3.81. The van der Waals surface area contributed by atoms with Crippen LogP contribution >= 0.6 is 0 Å². The van der Waals surface area contributed by atoms with Crippen LogP contribution in [0.2, 0.25) is 0 Å². The molecule has 0 radical (unpaired) electrons. The van der Waals surface area contributed by atoms with Crippen LogP contribution < -0.4 is 5.32 Å². The molecule has 190 valence electrons. The van der Waals surface area contributed by atoms with Crippen LogP contribution in [0.1, 0.15) is 0 Å². The molecule has 0 aliphatic rings. The van der Waals surface area contributed by atoms with Crippen molar-refractivity contribution in [3.8, 4) is 44.5 Å². The van der Waals surface area contributed by atoms with Crippen molar-refractivity contribution in [3.63, 3.8) is 0 Å². The average Bonchev–Trinajstić information content (AvgIpc) is 3.51. The number of rotatable bonds is 6. The summed E-state index contributed by atoms with van der Waals surface area (Å²) in [5.74, 6) is 0. The highest BCUT2D eigenvalue weighted by Crippen LogP contribution is 2.38. The molecule has 0 amide bonds. The van der Waals surface area contributed by atoms with E-state index >= 15 is 0 Å². The maximum atomic E-state index is 3.81. The van der Waals surface area contributed by atoms with Gasteiger partial charge in [0.05, 0.1) is 5.52 Å². The fraction of sp³-hybridized carbons (Fsp3) is 0. The third-order valence-corrected chi connectivity index (χ3v) is 7.45. The van der Waals surface area contributed by atoms with Crippen molar-refractivity contribution in [1.82, 2.24) is 4.98 Å². The van der Waals surface area contributed by atoms with E-state index in [4.69, 9.17) is 0 Å². The molecule has 0 bridgehead atoms. The summed E-state index contributed by atoms with van der Waals surface area (Å²) in [6, 6.07) is 53.8. The molecule has 0 aliphatic heterocycles. The highest BCUT2D eigenvalue weighted by atomic mass is 14.9. The minimum absolute atomic E-state index is 1.05. The second-order valence-electron chi connectivity index (χ2n) is 10.0. The van der Waals surface area contributed by atoms with Gasteiger partial charge in [0.1, 0.15) is 0 Å². The Morgan fingerprint density at radius 1 is 0.400 bits per heavy atom. The SMILES string of the molecule is c1ccc(-c2ccc(-c3ccc(-c4ccccc4)cc3Nc3cc(-c4ccccc4)c4[nH]ccc4c3)cc2)cc1. The van der Waals surface area contributed by atoms with E-state index in [0.29, 0.717) is 0 Å². The number of benzene rings is 6. The molecule has 0 saturated heterocycles. The summed E-state index contributed by atoms with van der Waals surface area (Å²) >= 11 is 0. The lowest BCUT2D eigenvalue weighted by molar-refractivity contribution is 1.47. The third kappa shape index (κ3) is 4.68. The first-order chi connectivity index (χ1) is 19.8. The van der Waals surface area contributed by atoms with Gasteiger partial charge in [-0.15, -0.1) is 0 Å². The molecule has 7 aromatic rings. The molecule has 1 aromatic heterocycles. The summed E-state index contributed by atoms with van der Waals surface area (Å²) in [5.41, 5.74) is 12.8. The van der Waals surface area contributed by atoms with Crippen LogP contribution in [0.25, 0.3) is 55.4 Å². The zero-order valence-electron chi connectivity index (χ0n) is 22.0. The fourth-order valence-corrected chi connectivity index (χ4v) is 5.43. The predicted octanol–water partition coefficient (Wildman–Crippen LogP) is 10.6. The van der Waals surface area contributed by atoms with Crippen LogP contribution in [0.5, 0.6) is 0 Å². The Bertz CT molecular complexity index is 1890. The number of nitrogens with one attached hydrogen (secondary N) is 2. The highest BCUT2D eigenvalue weighted by molar-refractivity contribution is 5.98. The first kappa shape index (κ1) is 23.8. The van der Waals surface area contributed by atoms with Gasteiger partial charge >= 0.3 is 0 Å². The van der Waals surface area contributed by atoms with Crippen molar-refractivity contribution < 1.29 is 0 Å². The number of hydrogen-bond acceptors (Lipinski definition) is 1. The molecule has 0 atom stereocenters. The molecule has 2 N–H and O–H groups in total. The van der Waals surface area contributed by atoms with E-state index in [9.17, 15) is 0 Å². The second kappa shape index (κ2) is 10.4. The first-order valence-electron chi connectivity index (χ1n) is 13.6. The molecule has 0 saturated carbocycles. The number of fused-ring (bicyclic) bond motifs is 1. The van der Waals surface area contributed by atoms with Crippen LogP contribution in [-0.4, -0.2) is 4.98 Å². The normalized spacial score (nSPS) is 11.0. The van der Waals surface area contributed by atoms with Crippen LogP contribution in [0.15, 0.2) is 158 Å². The monoisotopic (exact) mass is 512 g/mol. The van der Waals surface area contributed by atoms with Gasteiger partial charge < -0.3 is 10.3 Å². The fourth-order valence-electron chi connectivity index (χ4n) is 5.43. The first-order valence-corrected chi connectivity index (χ1v) is 13.6. The summed E-state index contributed by atoms with van der Waals surface area (Å²) in [5, 5.41) is 4.98.